The number of carbonyl (C=O) groups is 5. The number of carboxylic acid groups (broad SMARTS) is 1. The van der Waals surface area contributed by atoms with Crippen LogP contribution in [0.15, 0.2) is 24.3 Å². The van der Waals surface area contributed by atoms with E-state index in [1.54, 1.807) is 0 Å². The van der Waals surface area contributed by atoms with Crippen LogP contribution in [0.25, 0.3) is 0 Å². The second kappa shape index (κ2) is 13.0. The summed E-state index contributed by atoms with van der Waals surface area (Å²) >= 11 is 0. The quantitative estimate of drug-likeness (QED) is 0.148. The molecule has 13 nitrogen and oxygen atoms in total. The second-order valence-electron chi connectivity index (χ2n) is 7.38. The van der Waals surface area contributed by atoms with Crippen molar-refractivity contribution in [2.75, 3.05) is 6.54 Å². The first-order valence-corrected chi connectivity index (χ1v) is 10.0. The second-order valence-corrected chi connectivity index (χ2v) is 7.38. The zero-order chi connectivity index (χ0) is 25.1. The lowest BCUT2D eigenvalue weighted by atomic mass is 10.1. The number of benzene rings is 1. The molecule has 0 aromatic heterocycles. The Balaban J connectivity index is 2.71. The minimum atomic E-state index is -1.33. The minimum absolute atomic E-state index is 0.00440. The summed E-state index contributed by atoms with van der Waals surface area (Å²) in [5.74, 6) is -4.51. The summed E-state index contributed by atoms with van der Waals surface area (Å²) in [6, 6.07) is 1.86. The van der Waals surface area contributed by atoms with Crippen molar-refractivity contribution in [1.82, 2.24) is 16.0 Å². The highest BCUT2D eigenvalue weighted by Crippen LogP contribution is 2.11. The van der Waals surface area contributed by atoms with Gasteiger partial charge in [-0.25, -0.2) is 4.79 Å². The first-order chi connectivity index (χ1) is 15.4. The molecule has 0 radical (unpaired) electrons. The maximum atomic E-state index is 12.4. The molecule has 0 aliphatic heterocycles. The number of rotatable bonds is 13. The summed E-state index contributed by atoms with van der Waals surface area (Å²) in [5, 5.41) is 34.9. The molecule has 0 saturated heterocycles. The molecule has 182 valence electrons. The maximum Gasteiger partial charge on any atom is 0.326 e. The van der Waals surface area contributed by atoms with Crippen LogP contribution in [-0.2, 0) is 30.4 Å². The van der Waals surface area contributed by atoms with E-state index >= 15 is 0 Å². The zero-order valence-corrected chi connectivity index (χ0v) is 18.0. The molecule has 4 atom stereocenters. The van der Waals surface area contributed by atoms with Crippen molar-refractivity contribution in [3.8, 4) is 5.75 Å². The molecule has 0 saturated carbocycles. The Morgan fingerprint density at radius 3 is 2.12 bits per heavy atom. The Bertz CT molecular complexity index is 859. The average Bonchev–Trinajstić information content (AvgIpc) is 2.74. The van der Waals surface area contributed by atoms with Crippen LogP contribution in [-0.4, -0.2) is 75.7 Å². The Hall–Kier alpha value is -3.71. The molecule has 0 fully saturated rings. The van der Waals surface area contributed by atoms with E-state index in [1.807, 2.05) is 0 Å². The number of nitrogens with one attached hydrogen (secondary N) is 3. The number of carbonyl (C=O) groups excluding carboxylic acids is 4. The zero-order valence-electron chi connectivity index (χ0n) is 18.0. The lowest BCUT2D eigenvalue weighted by molar-refractivity contribution is -0.141. The molecule has 1 aromatic rings. The fourth-order valence-electron chi connectivity index (χ4n) is 2.65. The Morgan fingerprint density at radius 1 is 1.00 bits per heavy atom. The van der Waals surface area contributed by atoms with Crippen molar-refractivity contribution in [1.29, 1.82) is 0 Å². The van der Waals surface area contributed by atoms with Gasteiger partial charge in [0.2, 0.25) is 23.6 Å². The van der Waals surface area contributed by atoms with Crippen LogP contribution in [0, 0.1) is 0 Å². The van der Waals surface area contributed by atoms with Crippen LogP contribution in [0.2, 0.25) is 0 Å². The fourth-order valence-corrected chi connectivity index (χ4v) is 2.65. The first kappa shape index (κ1) is 27.3. The number of hydrogen-bond donors (Lipinski definition) is 8. The van der Waals surface area contributed by atoms with Crippen molar-refractivity contribution < 1.29 is 39.3 Å². The van der Waals surface area contributed by atoms with E-state index in [4.69, 9.17) is 11.5 Å². The number of aromatic hydroxyl groups is 1. The number of nitrogens with two attached hydrogens (primary N) is 2. The number of amides is 4. The maximum absolute atomic E-state index is 12.4. The molecule has 0 bridgehead atoms. The third kappa shape index (κ3) is 9.97. The topological polar surface area (TPSA) is 234 Å². The van der Waals surface area contributed by atoms with Gasteiger partial charge in [-0.1, -0.05) is 12.1 Å². The van der Waals surface area contributed by atoms with E-state index in [0.717, 1.165) is 0 Å². The summed E-state index contributed by atoms with van der Waals surface area (Å²) < 4.78 is 0. The molecule has 13 heteroatoms. The van der Waals surface area contributed by atoms with Crippen LogP contribution in [0.3, 0.4) is 0 Å². The molecule has 0 spiro atoms. The van der Waals surface area contributed by atoms with Crippen LogP contribution < -0.4 is 27.4 Å². The van der Waals surface area contributed by atoms with Crippen molar-refractivity contribution >= 4 is 29.6 Å². The van der Waals surface area contributed by atoms with Crippen LogP contribution in [0.1, 0.15) is 25.3 Å². The number of carboxylic acids is 1. The Morgan fingerprint density at radius 2 is 1.61 bits per heavy atom. The highest BCUT2D eigenvalue weighted by molar-refractivity contribution is 5.93. The van der Waals surface area contributed by atoms with Gasteiger partial charge in [0, 0.05) is 12.8 Å². The van der Waals surface area contributed by atoms with E-state index < -0.39 is 60.4 Å². The summed E-state index contributed by atoms with van der Waals surface area (Å²) in [5.41, 5.74) is 11.1. The number of phenols is 1. The van der Waals surface area contributed by atoms with Gasteiger partial charge in [-0.05, 0) is 31.0 Å². The summed E-state index contributed by atoms with van der Waals surface area (Å²) in [7, 11) is 0. The van der Waals surface area contributed by atoms with Crippen molar-refractivity contribution in [2.24, 2.45) is 11.5 Å². The Labute approximate surface area is 189 Å². The van der Waals surface area contributed by atoms with Gasteiger partial charge in [-0.2, -0.15) is 0 Å². The van der Waals surface area contributed by atoms with Gasteiger partial charge < -0.3 is 42.7 Å². The van der Waals surface area contributed by atoms with Gasteiger partial charge in [0.05, 0.1) is 12.6 Å². The van der Waals surface area contributed by atoms with Crippen LogP contribution in [0.4, 0.5) is 0 Å². The summed E-state index contributed by atoms with van der Waals surface area (Å²) in [4.78, 5) is 59.2. The van der Waals surface area contributed by atoms with Crippen molar-refractivity contribution in [3.05, 3.63) is 29.8 Å². The number of aliphatic carboxylic acids is 1. The summed E-state index contributed by atoms with van der Waals surface area (Å²) in [6.07, 6.45) is -1.69. The molecular weight excluding hydrogens is 438 g/mol. The molecule has 4 amide bonds. The minimum Gasteiger partial charge on any atom is -0.508 e. The van der Waals surface area contributed by atoms with E-state index in [-0.39, 0.29) is 25.0 Å². The SMILES string of the molecule is CC(O)C(N)C(=O)NC(CCC(N)=O)C(=O)NCC(=O)NC(Cc1ccc(O)cc1)C(=O)O. The van der Waals surface area contributed by atoms with Crippen LogP contribution >= 0.6 is 0 Å². The smallest absolute Gasteiger partial charge is 0.326 e. The molecule has 1 aromatic carbocycles. The average molecular weight is 467 g/mol. The van der Waals surface area contributed by atoms with E-state index in [0.29, 0.717) is 5.56 Å². The lowest BCUT2D eigenvalue weighted by Crippen LogP contribution is -2.55. The van der Waals surface area contributed by atoms with Gasteiger partial charge in [-0.3, -0.25) is 19.2 Å². The predicted octanol–water partition coefficient (Wildman–Crippen LogP) is -2.92. The van der Waals surface area contributed by atoms with Gasteiger partial charge in [-0.15, -0.1) is 0 Å². The molecule has 10 N–H and O–H groups in total. The Kier molecular flexibility index (Phi) is 10.7. The highest BCUT2D eigenvalue weighted by atomic mass is 16.4. The summed E-state index contributed by atoms with van der Waals surface area (Å²) in [6.45, 7) is 0.674. The molecule has 33 heavy (non-hydrogen) atoms. The number of phenolic OH excluding ortho intramolecular Hbond substituents is 1. The van der Waals surface area contributed by atoms with Gasteiger partial charge in [0.1, 0.15) is 23.9 Å². The van der Waals surface area contributed by atoms with Crippen molar-refractivity contribution in [2.45, 2.75) is 50.4 Å². The molecule has 0 aliphatic rings. The number of aliphatic hydroxyl groups excluding tert-OH is 1. The molecule has 0 aliphatic carbocycles. The molecule has 4 unspecified atom stereocenters. The normalized spacial score (nSPS) is 14.3. The van der Waals surface area contributed by atoms with Gasteiger partial charge in [0.25, 0.3) is 0 Å². The fraction of sp³-hybridized carbons (Fsp3) is 0.450. The van der Waals surface area contributed by atoms with Crippen molar-refractivity contribution in [3.63, 3.8) is 0 Å². The molecule has 1 rings (SSSR count). The predicted molar refractivity (Wildman–Crippen MR) is 114 cm³/mol. The van der Waals surface area contributed by atoms with Gasteiger partial charge >= 0.3 is 5.97 Å². The van der Waals surface area contributed by atoms with E-state index in [1.165, 1.54) is 31.2 Å². The first-order valence-electron chi connectivity index (χ1n) is 10.0. The largest absolute Gasteiger partial charge is 0.508 e. The highest BCUT2D eigenvalue weighted by Gasteiger charge is 2.27. The van der Waals surface area contributed by atoms with Crippen LogP contribution in [0.5, 0.6) is 5.75 Å². The number of aliphatic hydroxyl groups is 1. The third-order valence-electron chi connectivity index (χ3n) is 4.57. The van der Waals surface area contributed by atoms with Gasteiger partial charge in [0.15, 0.2) is 0 Å². The monoisotopic (exact) mass is 467 g/mol. The molecular formula is C20H29N5O8. The standard InChI is InChI=1S/C20H29N5O8/c1-10(26)17(22)19(31)25-13(6-7-15(21)28)18(30)23-9-16(29)24-14(20(32)33)8-11-2-4-12(27)5-3-11/h2-5,10,13-14,17,26-27H,6-9,22H2,1H3,(H2,21,28)(H,23,30)(H,24,29)(H,25,31)(H,32,33). The number of primary amides is 1. The van der Waals surface area contributed by atoms with E-state index in [2.05, 4.69) is 16.0 Å². The lowest BCUT2D eigenvalue weighted by Gasteiger charge is -2.21. The van der Waals surface area contributed by atoms with E-state index in [9.17, 15) is 39.3 Å². The number of hydrogen-bond acceptors (Lipinski definition) is 8. The molecule has 0 heterocycles. The third-order valence-corrected chi connectivity index (χ3v) is 4.57.